The van der Waals surface area contributed by atoms with Gasteiger partial charge in [0.15, 0.2) is 0 Å². The zero-order valence-electron chi connectivity index (χ0n) is 10.2. The number of carbonyl (C=O) groups is 1. The van der Waals surface area contributed by atoms with Crippen molar-refractivity contribution in [2.45, 2.75) is 19.9 Å². The van der Waals surface area contributed by atoms with E-state index in [2.05, 4.69) is 5.32 Å². The molecule has 0 radical (unpaired) electrons. The number of rotatable bonds is 4. The fraction of sp³-hybridized carbons (Fsp3) is 0.417. The fourth-order valence-corrected chi connectivity index (χ4v) is 1.63. The Morgan fingerprint density at radius 2 is 2.12 bits per heavy atom. The van der Waals surface area contributed by atoms with Crippen LogP contribution < -0.4 is 11.1 Å². The Labute approximate surface area is 106 Å². The minimum Gasteiger partial charge on any atom is -0.467 e. The van der Waals surface area contributed by atoms with Gasteiger partial charge in [-0.15, -0.1) is 0 Å². The van der Waals surface area contributed by atoms with Gasteiger partial charge in [-0.2, -0.15) is 0 Å². The highest BCUT2D eigenvalue weighted by Gasteiger charge is 2.23. The number of benzene rings is 1. The van der Waals surface area contributed by atoms with E-state index < -0.39 is 6.04 Å². The number of hydrogen-bond acceptors (Lipinski definition) is 4. The topological polar surface area (TPSA) is 64.3 Å². The Morgan fingerprint density at radius 1 is 1.47 bits per heavy atom. The molecular weight excluding hydrogens is 240 g/mol. The summed E-state index contributed by atoms with van der Waals surface area (Å²) in [5, 5.41) is 3.51. The first-order chi connectivity index (χ1) is 7.97. The smallest absolute Gasteiger partial charge is 0.328 e. The SMILES string of the molecule is COC(=O)C(Nc1cccc(Cl)c1N)C(C)C. The van der Waals surface area contributed by atoms with Crippen LogP contribution >= 0.6 is 11.6 Å². The van der Waals surface area contributed by atoms with Crippen molar-refractivity contribution >= 4 is 28.9 Å². The van der Waals surface area contributed by atoms with Crippen LogP contribution in [0.2, 0.25) is 5.02 Å². The second-order valence-corrected chi connectivity index (χ2v) is 4.50. The van der Waals surface area contributed by atoms with E-state index in [-0.39, 0.29) is 11.9 Å². The molecule has 0 saturated heterocycles. The molecule has 0 heterocycles. The molecule has 5 heteroatoms. The quantitative estimate of drug-likeness (QED) is 0.642. The Balaban J connectivity index is 2.94. The molecule has 4 nitrogen and oxygen atoms in total. The Morgan fingerprint density at radius 3 is 2.65 bits per heavy atom. The van der Waals surface area contributed by atoms with Crippen LogP contribution in [0, 0.1) is 5.92 Å². The number of para-hydroxylation sites is 1. The molecule has 3 N–H and O–H groups in total. The van der Waals surface area contributed by atoms with E-state index in [0.29, 0.717) is 16.4 Å². The average Bonchev–Trinajstić information content (AvgIpc) is 2.29. The summed E-state index contributed by atoms with van der Waals surface area (Å²) in [4.78, 5) is 11.6. The van der Waals surface area contributed by atoms with E-state index in [9.17, 15) is 4.79 Å². The van der Waals surface area contributed by atoms with Crippen molar-refractivity contribution in [3.63, 3.8) is 0 Å². The van der Waals surface area contributed by atoms with Gasteiger partial charge in [0.2, 0.25) is 0 Å². The molecule has 0 fully saturated rings. The molecule has 17 heavy (non-hydrogen) atoms. The lowest BCUT2D eigenvalue weighted by atomic mass is 10.0. The van der Waals surface area contributed by atoms with Crippen LogP contribution in [0.1, 0.15) is 13.8 Å². The molecule has 0 amide bonds. The maximum Gasteiger partial charge on any atom is 0.328 e. The van der Waals surface area contributed by atoms with Crippen LogP contribution in [0.3, 0.4) is 0 Å². The Bertz CT molecular complexity index is 407. The van der Waals surface area contributed by atoms with E-state index in [1.807, 2.05) is 13.8 Å². The number of nitrogens with one attached hydrogen (secondary N) is 1. The molecule has 0 aliphatic heterocycles. The van der Waals surface area contributed by atoms with Crippen molar-refractivity contribution in [2.24, 2.45) is 5.92 Å². The third-order valence-corrected chi connectivity index (χ3v) is 2.82. The van der Waals surface area contributed by atoms with Gasteiger partial charge in [0, 0.05) is 0 Å². The number of hydrogen-bond donors (Lipinski definition) is 2. The second kappa shape index (κ2) is 5.77. The van der Waals surface area contributed by atoms with Gasteiger partial charge in [0.05, 0.1) is 23.5 Å². The molecule has 94 valence electrons. The molecule has 1 aromatic rings. The van der Waals surface area contributed by atoms with Gasteiger partial charge in [-0.05, 0) is 18.1 Å². The van der Waals surface area contributed by atoms with Gasteiger partial charge in [-0.25, -0.2) is 4.79 Å². The van der Waals surface area contributed by atoms with Crippen molar-refractivity contribution in [2.75, 3.05) is 18.2 Å². The summed E-state index contributed by atoms with van der Waals surface area (Å²) in [6.45, 7) is 3.85. The fourth-order valence-electron chi connectivity index (χ4n) is 1.46. The zero-order chi connectivity index (χ0) is 13.0. The van der Waals surface area contributed by atoms with Crippen LogP contribution in [-0.4, -0.2) is 19.1 Å². The van der Waals surface area contributed by atoms with Crippen molar-refractivity contribution in [1.82, 2.24) is 0 Å². The molecule has 0 saturated carbocycles. The van der Waals surface area contributed by atoms with Gasteiger partial charge >= 0.3 is 5.97 Å². The first-order valence-corrected chi connectivity index (χ1v) is 5.73. The summed E-state index contributed by atoms with van der Waals surface area (Å²) in [6.07, 6.45) is 0. The molecule has 0 aliphatic rings. The Kier molecular flexibility index (Phi) is 4.63. The molecule has 1 aromatic carbocycles. The van der Waals surface area contributed by atoms with Gasteiger partial charge in [-0.3, -0.25) is 0 Å². The molecule has 0 bridgehead atoms. The monoisotopic (exact) mass is 256 g/mol. The third-order valence-electron chi connectivity index (χ3n) is 2.49. The number of esters is 1. The molecule has 1 unspecified atom stereocenters. The van der Waals surface area contributed by atoms with Gasteiger partial charge < -0.3 is 15.8 Å². The van der Waals surface area contributed by atoms with Crippen LogP contribution in [0.5, 0.6) is 0 Å². The summed E-state index contributed by atoms with van der Waals surface area (Å²) in [6, 6.07) is 4.81. The van der Waals surface area contributed by atoms with Crippen molar-refractivity contribution in [1.29, 1.82) is 0 Å². The maximum atomic E-state index is 11.6. The Hall–Kier alpha value is -1.42. The van der Waals surface area contributed by atoms with Crippen molar-refractivity contribution in [3.8, 4) is 0 Å². The van der Waals surface area contributed by atoms with E-state index in [4.69, 9.17) is 22.1 Å². The van der Waals surface area contributed by atoms with Crippen LogP contribution in [0.15, 0.2) is 18.2 Å². The number of nitrogens with two attached hydrogens (primary N) is 1. The minimum absolute atomic E-state index is 0.0841. The number of nitrogen functional groups attached to an aromatic ring is 1. The van der Waals surface area contributed by atoms with Crippen molar-refractivity contribution < 1.29 is 9.53 Å². The number of anilines is 2. The van der Waals surface area contributed by atoms with E-state index in [1.54, 1.807) is 18.2 Å². The van der Waals surface area contributed by atoms with E-state index in [1.165, 1.54) is 7.11 Å². The lowest BCUT2D eigenvalue weighted by molar-refractivity contribution is -0.142. The number of methoxy groups -OCH3 is 1. The van der Waals surface area contributed by atoms with Crippen LogP contribution in [-0.2, 0) is 9.53 Å². The summed E-state index contributed by atoms with van der Waals surface area (Å²) < 4.78 is 4.74. The predicted molar refractivity (Wildman–Crippen MR) is 70.1 cm³/mol. The molecule has 1 atom stereocenters. The molecular formula is C12H17ClN2O2. The van der Waals surface area contributed by atoms with Gasteiger partial charge in [-0.1, -0.05) is 31.5 Å². The first kappa shape index (κ1) is 13.6. The third kappa shape index (κ3) is 3.27. The first-order valence-electron chi connectivity index (χ1n) is 5.35. The molecule has 0 aromatic heterocycles. The highest BCUT2D eigenvalue weighted by Crippen LogP contribution is 2.28. The van der Waals surface area contributed by atoms with Gasteiger partial charge in [0.25, 0.3) is 0 Å². The zero-order valence-corrected chi connectivity index (χ0v) is 10.9. The van der Waals surface area contributed by atoms with Crippen LogP contribution in [0.25, 0.3) is 0 Å². The largest absolute Gasteiger partial charge is 0.467 e. The lowest BCUT2D eigenvalue weighted by Crippen LogP contribution is -2.35. The summed E-state index contributed by atoms with van der Waals surface area (Å²) in [5.41, 5.74) is 6.90. The number of carbonyl (C=O) groups excluding carboxylic acids is 1. The predicted octanol–water partition coefficient (Wildman–Crippen LogP) is 2.53. The highest BCUT2D eigenvalue weighted by molar-refractivity contribution is 6.33. The molecule has 1 rings (SSSR count). The van der Waals surface area contributed by atoms with Crippen LogP contribution in [0.4, 0.5) is 11.4 Å². The van der Waals surface area contributed by atoms with Crippen molar-refractivity contribution in [3.05, 3.63) is 23.2 Å². The summed E-state index contributed by atoms with van der Waals surface area (Å²) >= 11 is 5.91. The number of ether oxygens (including phenoxy) is 1. The maximum absolute atomic E-state index is 11.6. The highest BCUT2D eigenvalue weighted by atomic mass is 35.5. The normalized spacial score (nSPS) is 12.3. The van der Waals surface area contributed by atoms with E-state index >= 15 is 0 Å². The minimum atomic E-state index is -0.444. The van der Waals surface area contributed by atoms with Gasteiger partial charge in [0.1, 0.15) is 6.04 Å². The standard InChI is InChI=1S/C12H17ClN2O2/c1-7(2)11(12(16)17-3)15-9-6-4-5-8(13)10(9)14/h4-7,11,15H,14H2,1-3H3. The second-order valence-electron chi connectivity index (χ2n) is 4.09. The summed E-state index contributed by atoms with van der Waals surface area (Å²) in [7, 11) is 1.36. The molecule has 0 aliphatic carbocycles. The molecule has 0 spiro atoms. The van der Waals surface area contributed by atoms with E-state index in [0.717, 1.165) is 0 Å². The summed E-state index contributed by atoms with van der Waals surface area (Å²) in [5.74, 6) is -0.236. The lowest BCUT2D eigenvalue weighted by Gasteiger charge is -2.22. The average molecular weight is 257 g/mol. The number of halogens is 1.